The number of aliphatic hydroxyl groups excluding tert-OH is 1. The molecule has 1 atom stereocenters. The zero-order valence-corrected chi connectivity index (χ0v) is 16.0. The molecule has 0 aliphatic heterocycles. The lowest BCUT2D eigenvalue weighted by Crippen LogP contribution is -2.34. The molecule has 3 rings (SSSR count). The van der Waals surface area contributed by atoms with E-state index in [1.807, 2.05) is 66.9 Å². The van der Waals surface area contributed by atoms with Crippen LogP contribution in [0.15, 0.2) is 85.6 Å². The van der Waals surface area contributed by atoms with Crippen molar-refractivity contribution in [3.05, 3.63) is 108 Å². The van der Waals surface area contributed by atoms with Crippen LogP contribution >= 0.6 is 0 Å². The van der Waals surface area contributed by atoms with E-state index in [0.717, 1.165) is 11.3 Å². The average Bonchev–Trinajstić information content (AvgIpc) is 3.11. The fraction of sp³-hybridized carbons (Fsp3) is 0.250. The lowest BCUT2D eigenvalue weighted by molar-refractivity contribution is 0.114. The van der Waals surface area contributed by atoms with E-state index in [-0.39, 0.29) is 5.82 Å². The van der Waals surface area contributed by atoms with Gasteiger partial charge in [0.2, 0.25) is 0 Å². The van der Waals surface area contributed by atoms with Crippen LogP contribution in [0.4, 0.5) is 4.39 Å². The Balaban J connectivity index is 1.65. The Kier molecular flexibility index (Phi) is 7.18. The van der Waals surface area contributed by atoms with Crippen LogP contribution in [0.5, 0.6) is 0 Å². The Morgan fingerprint density at radius 1 is 1.04 bits per heavy atom. The van der Waals surface area contributed by atoms with E-state index in [0.29, 0.717) is 38.2 Å². The molecule has 0 aliphatic carbocycles. The summed E-state index contributed by atoms with van der Waals surface area (Å²) in [5.74, 6) is -0.191. The number of hydrogen-bond donors (Lipinski definition) is 1. The predicted octanol–water partition coefficient (Wildman–Crippen LogP) is 4.27. The number of rotatable bonds is 10. The molecule has 28 heavy (non-hydrogen) atoms. The molecule has 0 aliphatic rings. The first-order valence-corrected chi connectivity index (χ1v) is 9.58. The van der Waals surface area contributed by atoms with Gasteiger partial charge in [-0.1, -0.05) is 54.6 Å². The third kappa shape index (κ3) is 5.65. The van der Waals surface area contributed by atoms with Crippen molar-refractivity contribution in [2.75, 3.05) is 13.1 Å². The smallest absolute Gasteiger partial charge is 0.128 e. The number of halogens is 1. The third-order valence-corrected chi connectivity index (χ3v) is 4.78. The highest BCUT2D eigenvalue weighted by Gasteiger charge is 2.14. The van der Waals surface area contributed by atoms with Gasteiger partial charge in [0, 0.05) is 37.1 Å². The quantitative estimate of drug-likeness (QED) is 0.534. The molecule has 0 spiro atoms. The van der Waals surface area contributed by atoms with Crippen LogP contribution in [-0.4, -0.2) is 33.8 Å². The van der Waals surface area contributed by atoms with Crippen molar-refractivity contribution in [2.45, 2.75) is 25.6 Å². The van der Waals surface area contributed by atoms with Crippen LogP contribution in [0, 0.1) is 5.82 Å². The van der Waals surface area contributed by atoms with Crippen LogP contribution in [0.25, 0.3) is 0 Å². The fourth-order valence-electron chi connectivity index (χ4n) is 3.42. The minimum Gasteiger partial charge on any atom is -0.391 e. The van der Waals surface area contributed by atoms with Gasteiger partial charge < -0.3 is 9.67 Å². The summed E-state index contributed by atoms with van der Waals surface area (Å²) < 4.78 is 16.1. The molecule has 0 fully saturated rings. The van der Waals surface area contributed by atoms with Crippen molar-refractivity contribution in [1.82, 2.24) is 9.47 Å². The molecule has 0 radical (unpaired) electrons. The first-order chi connectivity index (χ1) is 13.7. The van der Waals surface area contributed by atoms with Crippen LogP contribution in [-0.2, 0) is 19.5 Å². The van der Waals surface area contributed by atoms with E-state index in [4.69, 9.17) is 0 Å². The van der Waals surface area contributed by atoms with Crippen molar-refractivity contribution in [2.24, 2.45) is 0 Å². The van der Waals surface area contributed by atoms with Crippen molar-refractivity contribution in [1.29, 1.82) is 0 Å². The van der Waals surface area contributed by atoms with E-state index in [2.05, 4.69) is 16.0 Å². The number of hydrogen-bond acceptors (Lipinski definition) is 2. The number of aromatic nitrogens is 1. The molecule has 1 unspecified atom stereocenters. The van der Waals surface area contributed by atoms with Gasteiger partial charge in [-0.25, -0.2) is 4.39 Å². The monoisotopic (exact) mass is 378 g/mol. The lowest BCUT2D eigenvalue weighted by Gasteiger charge is -2.24. The Labute approximate surface area is 166 Å². The maximum Gasteiger partial charge on any atom is 0.128 e. The van der Waals surface area contributed by atoms with Crippen LogP contribution in [0.2, 0.25) is 0 Å². The molecule has 1 heterocycles. The Hall–Kier alpha value is -2.69. The summed E-state index contributed by atoms with van der Waals surface area (Å²) in [6, 6.07) is 20.9. The topological polar surface area (TPSA) is 28.4 Å². The van der Waals surface area contributed by atoms with E-state index in [9.17, 15) is 9.50 Å². The first-order valence-electron chi connectivity index (χ1n) is 9.58. The summed E-state index contributed by atoms with van der Waals surface area (Å²) >= 11 is 0. The van der Waals surface area contributed by atoms with Gasteiger partial charge in [0.05, 0.1) is 12.6 Å². The number of aliphatic hydroxyl groups is 1. The predicted molar refractivity (Wildman–Crippen MR) is 112 cm³/mol. The molecule has 146 valence electrons. The summed E-state index contributed by atoms with van der Waals surface area (Å²) in [6.45, 7) is 6.22. The zero-order chi connectivity index (χ0) is 19.8. The molecule has 3 aromatic rings. The summed E-state index contributed by atoms with van der Waals surface area (Å²) in [7, 11) is 0. The second-order valence-electron chi connectivity index (χ2n) is 7.05. The minimum absolute atomic E-state index is 0.191. The number of nitrogens with zero attached hydrogens (tertiary/aromatic N) is 2. The van der Waals surface area contributed by atoms with Gasteiger partial charge in [0.25, 0.3) is 0 Å². The molecule has 4 heteroatoms. The third-order valence-electron chi connectivity index (χ3n) is 4.78. The van der Waals surface area contributed by atoms with Crippen LogP contribution < -0.4 is 0 Å². The summed E-state index contributed by atoms with van der Waals surface area (Å²) in [6.07, 6.45) is 3.97. The normalized spacial score (nSPS) is 12.2. The van der Waals surface area contributed by atoms with Gasteiger partial charge in [0.1, 0.15) is 5.82 Å². The van der Waals surface area contributed by atoms with Crippen LogP contribution in [0.1, 0.15) is 16.8 Å². The summed E-state index contributed by atoms with van der Waals surface area (Å²) in [5, 5.41) is 10.5. The highest BCUT2D eigenvalue weighted by molar-refractivity contribution is 5.20. The second kappa shape index (κ2) is 10.0. The Bertz CT molecular complexity index is 875. The second-order valence-corrected chi connectivity index (χ2v) is 7.05. The van der Waals surface area contributed by atoms with E-state index in [1.54, 1.807) is 6.07 Å². The summed E-state index contributed by atoms with van der Waals surface area (Å²) in [4.78, 5) is 2.16. The van der Waals surface area contributed by atoms with Crippen molar-refractivity contribution in [3.63, 3.8) is 0 Å². The summed E-state index contributed by atoms with van der Waals surface area (Å²) in [5.41, 5.74) is 2.87. The molecule has 1 N–H and O–H groups in total. The molecular formula is C24H27FN2O. The molecule has 1 aromatic heterocycles. The average molecular weight is 378 g/mol. The Morgan fingerprint density at radius 3 is 2.54 bits per heavy atom. The van der Waals surface area contributed by atoms with Gasteiger partial charge in [-0.05, 0) is 30.2 Å². The fourth-order valence-corrected chi connectivity index (χ4v) is 3.42. The van der Waals surface area contributed by atoms with Gasteiger partial charge in [-0.3, -0.25) is 4.90 Å². The van der Waals surface area contributed by atoms with Gasteiger partial charge in [-0.15, -0.1) is 6.58 Å². The van der Waals surface area contributed by atoms with Crippen molar-refractivity contribution in [3.8, 4) is 0 Å². The van der Waals surface area contributed by atoms with Gasteiger partial charge in [-0.2, -0.15) is 0 Å². The Morgan fingerprint density at radius 2 is 1.79 bits per heavy atom. The molecule has 2 aromatic carbocycles. The molecule has 0 bridgehead atoms. The largest absolute Gasteiger partial charge is 0.391 e. The van der Waals surface area contributed by atoms with Gasteiger partial charge in [0.15, 0.2) is 0 Å². The minimum atomic E-state index is -0.461. The molecule has 0 saturated carbocycles. The standard InChI is InChI=1S/C24H27FN2O/c1-2-14-26(19-23(28)16-20-9-4-3-5-10-20)18-22-12-8-15-27(22)17-21-11-6-7-13-24(21)25/h2-13,15,23,28H,1,14,16-19H2. The highest BCUT2D eigenvalue weighted by atomic mass is 19.1. The van der Waals surface area contributed by atoms with E-state index >= 15 is 0 Å². The maximum absolute atomic E-state index is 14.0. The van der Waals surface area contributed by atoms with Crippen molar-refractivity contribution < 1.29 is 9.50 Å². The van der Waals surface area contributed by atoms with E-state index in [1.165, 1.54) is 6.07 Å². The molecule has 0 saturated heterocycles. The molecular weight excluding hydrogens is 351 g/mol. The maximum atomic E-state index is 14.0. The van der Waals surface area contributed by atoms with Crippen molar-refractivity contribution >= 4 is 0 Å². The van der Waals surface area contributed by atoms with E-state index < -0.39 is 6.10 Å². The highest BCUT2D eigenvalue weighted by Crippen LogP contribution is 2.14. The lowest BCUT2D eigenvalue weighted by atomic mass is 10.1. The SMILES string of the molecule is C=CCN(Cc1cccn1Cc1ccccc1F)CC(O)Cc1ccccc1. The molecule has 0 amide bonds. The zero-order valence-electron chi connectivity index (χ0n) is 16.0. The first kappa shape index (κ1) is 20.1. The van der Waals surface area contributed by atoms with Crippen LogP contribution in [0.3, 0.4) is 0 Å². The molecule has 3 nitrogen and oxygen atoms in total. The van der Waals surface area contributed by atoms with Gasteiger partial charge >= 0.3 is 0 Å². The number of benzene rings is 2.